The average Bonchev–Trinajstić information content (AvgIpc) is 2.67. The number of rotatable bonds is 7. The standard InChI is InChI=1S/C19H20N4O3S/c1-14-4-3-5-15(12-14)13-20-18-10-11-19(22-21-18)23-27(24,25)17-8-6-16(26-2)7-9-17/h3-12H,13H2,1-2H3,(H,20,21)(H,22,23). The third-order valence-electron chi connectivity index (χ3n) is 3.83. The fourth-order valence-corrected chi connectivity index (χ4v) is 3.44. The topological polar surface area (TPSA) is 93.2 Å². The third kappa shape index (κ3) is 4.95. The summed E-state index contributed by atoms with van der Waals surface area (Å²) in [4.78, 5) is 0.117. The minimum atomic E-state index is -3.74. The molecule has 0 bridgehead atoms. The van der Waals surface area contributed by atoms with E-state index in [2.05, 4.69) is 26.3 Å². The number of methoxy groups -OCH3 is 1. The van der Waals surface area contributed by atoms with Crippen molar-refractivity contribution in [3.63, 3.8) is 0 Å². The van der Waals surface area contributed by atoms with E-state index >= 15 is 0 Å². The normalized spacial score (nSPS) is 11.0. The predicted octanol–water partition coefficient (Wildman–Crippen LogP) is 3.21. The van der Waals surface area contributed by atoms with E-state index in [1.165, 1.54) is 24.8 Å². The second-order valence-electron chi connectivity index (χ2n) is 5.93. The molecule has 0 unspecified atom stereocenters. The minimum absolute atomic E-state index is 0.117. The van der Waals surface area contributed by atoms with Gasteiger partial charge in [0.15, 0.2) is 5.82 Å². The van der Waals surface area contributed by atoms with Gasteiger partial charge < -0.3 is 10.1 Å². The summed E-state index contributed by atoms with van der Waals surface area (Å²) in [5, 5.41) is 11.1. The summed E-state index contributed by atoms with van der Waals surface area (Å²) in [5.74, 6) is 1.29. The van der Waals surface area contributed by atoms with Crippen LogP contribution in [0.2, 0.25) is 0 Å². The molecule has 0 saturated heterocycles. The fourth-order valence-electron chi connectivity index (χ4n) is 2.45. The van der Waals surface area contributed by atoms with Crippen LogP contribution in [-0.4, -0.2) is 25.7 Å². The zero-order valence-corrected chi connectivity index (χ0v) is 15.8. The molecule has 0 aliphatic rings. The Labute approximate surface area is 158 Å². The lowest BCUT2D eigenvalue weighted by molar-refractivity contribution is 0.414. The number of anilines is 2. The number of aromatic nitrogens is 2. The average molecular weight is 384 g/mol. The van der Waals surface area contributed by atoms with Crippen molar-refractivity contribution in [1.29, 1.82) is 0 Å². The summed E-state index contributed by atoms with van der Waals surface area (Å²) in [5.41, 5.74) is 2.31. The fraction of sp³-hybridized carbons (Fsp3) is 0.158. The summed E-state index contributed by atoms with van der Waals surface area (Å²) in [7, 11) is -2.22. The molecule has 0 aliphatic carbocycles. The first-order valence-corrected chi connectivity index (χ1v) is 9.74. The summed E-state index contributed by atoms with van der Waals surface area (Å²) < 4.78 is 32.2. The van der Waals surface area contributed by atoms with E-state index in [1.807, 2.05) is 25.1 Å². The van der Waals surface area contributed by atoms with Crippen LogP contribution in [0.3, 0.4) is 0 Å². The first-order chi connectivity index (χ1) is 13.0. The number of hydrogen-bond donors (Lipinski definition) is 2. The molecule has 3 rings (SSSR count). The van der Waals surface area contributed by atoms with Crippen LogP contribution in [0.1, 0.15) is 11.1 Å². The van der Waals surface area contributed by atoms with Gasteiger partial charge in [0.1, 0.15) is 11.6 Å². The molecule has 0 saturated carbocycles. The van der Waals surface area contributed by atoms with Gasteiger partial charge in [0.2, 0.25) is 0 Å². The molecule has 1 aromatic heterocycles. The molecule has 7 nitrogen and oxygen atoms in total. The quantitative estimate of drug-likeness (QED) is 0.650. The van der Waals surface area contributed by atoms with Gasteiger partial charge >= 0.3 is 0 Å². The Morgan fingerprint density at radius 1 is 0.963 bits per heavy atom. The van der Waals surface area contributed by atoms with E-state index < -0.39 is 10.0 Å². The zero-order chi connectivity index (χ0) is 19.3. The Bertz CT molecular complexity index is 1000. The molecular formula is C19H20N4O3S. The van der Waals surface area contributed by atoms with Crippen LogP contribution in [0.25, 0.3) is 0 Å². The van der Waals surface area contributed by atoms with Gasteiger partial charge in [-0.1, -0.05) is 29.8 Å². The van der Waals surface area contributed by atoms with E-state index in [4.69, 9.17) is 4.74 Å². The van der Waals surface area contributed by atoms with Gasteiger partial charge in [0.25, 0.3) is 10.0 Å². The number of nitrogens with one attached hydrogen (secondary N) is 2. The van der Waals surface area contributed by atoms with E-state index in [-0.39, 0.29) is 10.7 Å². The summed E-state index contributed by atoms with van der Waals surface area (Å²) in [6.45, 7) is 2.64. The highest BCUT2D eigenvalue weighted by Gasteiger charge is 2.15. The number of benzene rings is 2. The first kappa shape index (κ1) is 18.7. The monoisotopic (exact) mass is 384 g/mol. The molecule has 0 spiro atoms. The van der Waals surface area contributed by atoms with Gasteiger partial charge in [-0.15, -0.1) is 10.2 Å². The highest BCUT2D eigenvalue weighted by molar-refractivity contribution is 7.92. The van der Waals surface area contributed by atoms with E-state index in [9.17, 15) is 8.42 Å². The van der Waals surface area contributed by atoms with Crippen molar-refractivity contribution < 1.29 is 13.2 Å². The summed E-state index contributed by atoms with van der Waals surface area (Å²) >= 11 is 0. The van der Waals surface area contributed by atoms with Gasteiger partial charge in [-0.3, -0.25) is 4.72 Å². The third-order valence-corrected chi connectivity index (χ3v) is 5.20. The van der Waals surface area contributed by atoms with Crippen LogP contribution >= 0.6 is 0 Å². The molecule has 0 fully saturated rings. The number of sulfonamides is 1. The van der Waals surface area contributed by atoms with Crippen molar-refractivity contribution in [3.05, 3.63) is 71.8 Å². The van der Waals surface area contributed by atoms with Crippen molar-refractivity contribution in [2.24, 2.45) is 0 Å². The van der Waals surface area contributed by atoms with Crippen molar-refractivity contribution in [1.82, 2.24) is 10.2 Å². The largest absolute Gasteiger partial charge is 0.497 e. The van der Waals surface area contributed by atoms with Gasteiger partial charge in [0.05, 0.1) is 12.0 Å². The zero-order valence-electron chi connectivity index (χ0n) is 15.0. The highest BCUT2D eigenvalue weighted by atomic mass is 32.2. The molecule has 0 amide bonds. The van der Waals surface area contributed by atoms with Crippen molar-refractivity contribution >= 4 is 21.7 Å². The lowest BCUT2D eigenvalue weighted by Crippen LogP contribution is -2.14. The van der Waals surface area contributed by atoms with Gasteiger partial charge in [-0.05, 0) is 48.9 Å². The van der Waals surface area contributed by atoms with Crippen LogP contribution in [0.4, 0.5) is 11.6 Å². The predicted molar refractivity (Wildman–Crippen MR) is 104 cm³/mol. The Kier molecular flexibility index (Phi) is 5.56. The van der Waals surface area contributed by atoms with Crippen LogP contribution < -0.4 is 14.8 Å². The summed E-state index contributed by atoms with van der Waals surface area (Å²) in [6.07, 6.45) is 0. The number of aryl methyl sites for hydroxylation is 1. The number of hydrogen-bond acceptors (Lipinski definition) is 6. The van der Waals surface area contributed by atoms with E-state index in [0.717, 1.165) is 5.56 Å². The van der Waals surface area contributed by atoms with Crippen molar-refractivity contribution in [2.75, 3.05) is 17.1 Å². The van der Waals surface area contributed by atoms with Gasteiger partial charge in [-0.25, -0.2) is 8.42 Å². The Morgan fingerprint density at radius 2 is 1.67 bits per heavy atom. The Balaban J connectivity index is 1.64. The van der Waals surface area contributed by atoms with Gasteiger partial charge in [0, 0.05) is 6.54 Å². The molecule has 140 valence electrons. The lowest BCUT2D eigenvalue weighted by Gasteiger charge is -2.09. The molecule has 0 radical (unpaired) electrons. The van der Waals surface area contributed by atoms with E-state index in [1.54, 1.807) is 24.3 Å². The van der Waals surface area contributed by atoms with Crippen molar-refractivity contribution in [2.45, 2.75) is 18.4 Å². The maximum absolute atomic E-state index is 12.4. The van der Waals surface area contributed by atoms with Crippen LogP contribution in [-0.2, 0) is 16.6 Å². The smallest absolute Gasteiger partial charge is 0.263 e. The first-order valence-electron chi connectivity index (χ1n) is 8.26. The van der Waals surface area contributed by atoms with Crippen LogP contribution in [0, 0.1) is 6.92 Å². The molecule has 0 atom stereocenters. The van der Waals surface area contributed by atoms with Gasteiger partial charge in [-0.2, -0.15) is 0 Å². The molecule has 8 heteroatoms. The molecule has 0 aliphatic heterocycles. The molecule has 2 aromatic carbocycles. The number of nitrogens with zero attached hydrogens (tertiary/aromatic N) is 2. The second kappa shape index (κ2) is 8.05. The maximum Gasteiger partial charge on any atom is 0.263 e. The molecule has 27 heavy (non-hydrogen) atoms. The maximum atomic E-state index is 12.4. The van der Waals surface area contributed by atoms with Crippen molar-refractivity contribution in [3.8, 4) is 5.75 Å². The molecule has 2 N–H and O–H groups in total. The minimum Gasteiger partial charge on any atom is -0.497 e. The highest BCUT2D eigenvalue weighted by Crippen LogP contribution is 2.18. The Morgan fingerprint density at radius 3 is 2.30 bits per heavy atom. The molecular weight excluding hydrogens is 364 g/mol. The lowest BCUT2D eigenvalue weighted by atomic mass is 10.1. The number of ether oxygens (including phenoxy) is 1. The molecule has 1 heterocycles. The second-order valence-corrected chi connectivity index (χ2v) is 7.61. The van der Waals surface area contributed by atoms with Crippen LogP contribution in [0.5, 0.6) is 5.75 Å². The SMILES string of the molecule is COc1ccc(S(=O)(=O)Nc2ccc(NCc3cccc(C)c3)nn2)cc1. The summed E-state index contributed by atoms with van der Waals surface area (Å²) in [6, 6.07) is 17.5. The van der Waals surface area contributed by atoms with E-state index in [0.29, 0.717) is 18.1 Å². The van der Waals surface area contributed by atoms with Crippen LogP contribution in [0.15, 0.2) is 65.6 Å². The Hall–Kier alpha value is -3.13. The molecule has 3 aromatic rings.